The molecule has 1 aliphatic heterocycles. The molecule has 1 saturated heterocycles. The molecule has 1 N–H and O–H groups in total. The second-order valence-electron chi connectivity index (χ2n) is 7.39. The Balaban J connectivity index is 1.63. The van der Waals surface area contributed by atoms with Crippen LogP contribution < -0.4 is 0 Å². The van der Waals surface area contributed by atoms with Gasteiger partial charge in [0.05, 0.1) is 12.3 Å². The number of aromatic nitrogens is 5. The summed E-state index contributed by atoms with van der Waals surface area (Å²) in [6.07, 6.45) is 3.25. The average molecular weight is 485 g/mol. The van der Waals surface area contributed by atoms with Crippen LogP contribution in [0.3, 0.4) is 0 Å². The minimum Gasteiger partial charge on any atom is -0.266 e. The van der Waals surface area contributed by atoms with Crippen LogP contribution in [0.15, 0.2) is 30.5 Å². The minimum absolute atomic E-state index is 0.0651. The molecule has 0 bridgehead atoms. The maximum Gasteiger partial charge on any atom is 0.213 e. The summed E-state index contributed by atoms with van der Waals surface area (Å²) < 4.78 is 44.0. The molecule has 0 amide bonds. The third-order valence-corrected chi connectivity index (χ3v) is 7.92. The van der Waals surface area contributed by atoms with Gasteiger partial charge in [0.15, 0.2) is 5.82 Å². The summed E-state index contributed by atoms with van der Waals surface area (Å²) in [4.78, 5) is 0. The smallest absolute Gasteiger partial charge is 0.213 e. The van der Waals surface area contributed by atoms with Gasteiger partial charge in [-0.2, -0.15) is 10.2 Å². The third-order valence-electron chi connectivity index (χ3n) is 5.44. The van der Waals surface area contributed by atoms with Crippen molar-refractivity contribution in [3.8, 4) is 5.82 Å². The second kappa shape index (κ2) is 8.81. The average Bonchev–Trinajstić information content (AvgIpc) is 3.37. The molecule has 1 aliphatic rings. The Kier molecular flexibility index (Phi) is 6.29. The van der Waals surface area contributed by atoms with E-state index in [1.54, 1.807) is 40.6 Å². The molecule has 0 aliphatic carbocycles. The van der Waals surface area contributed by atoms with Crippen molar-refractivity contribution in [1.82, 2.24) is 28.9 Å². The molecule has 166 valence electrons. The third kappa shape index (κ3) is 4.45. The molecule has 0 radical (unpaired) electrons. The second-order valence-corrected chi connectivity index (χ2v) is 10.4. The van der Waals surface area contributed by atoms with Gasteiger partial charge in [-0.3, -0.25) is 14.3 Å². The molecule has 3 heterocycles. The van der Waals surface area contributed by atoms with Gasteiger partial charge >= 0.3 is 0 Å². The van der Waals surface area contributed by atoms with E-state index in [1.807, 2.05) is 0 Å². The summed E-state index contributed by atoms with van der Waals surface area (Å²) in [5.74, 6) is 0.709. The molecule has 31 heavy (non-hydrogen) atoms. The predicted octanol–water partition coefficient (Wildman–Crippen LogP) is 3.50. The molecule has 0 saturated carbocycles. The molecule has 8 nitrogen and oxygen atoms in total. The van der Waals surface area contributed by atoms with E-state index in [4.69, 9.17) is 23.8 Å². The van der Waals surface area contributed by atoms with E-state index in [-0.39, 0.29) is 18.2 Å². The summed E-state index contributed by atoms with van der Waals surface area (Å²) in [6, 6.07) is 6.30. The number of nitrogens with zero attached hydrogens (tertiary/aromatic N) is 5. The quantitative estimate of drug-likeness (QED) is 0.541. The normalized spacial score (nSPS) is 17.8. The van der Waals surface area contributed by atoms with Crippen LogP contribution in [0.4, 0.5) is 4.39 Å². The van der Waals surface area contributed by atoms with Gasteiger partial charge in [-0.15, -0.1) is 0 Å². The number of halogens is 2. The van der Waals surface area contributed by atoms with Crippen LogP contribution in [0.1, 0.15) is 37.1 Å². The highest BCUT2D eigenvalue weighted by molar-refractivity contribution is 7.89. The first-order valence-corrected chi connectivity index (χ1v) is 12.3. The lowest BCUT2D eigenvalue weighted by atomic mass is 9.99. The van der Waals surface area contributed by atoms with Crippen LogP contribution in [-0.2, 0) is 16.6 Å². The first kappa shape index (κ1) is 22.1. The standard InChI is InChI=1S/C19H22ClFN6O2S2/c1-2-31(28,29)26-9-4-5-13(11-26)18-22-23-19(30)27(18)17-8-10-25(24-17)12-14-15(20)6-3-7-16(14)21/h3,6-8,10,13H,2,4-5,9,11-12H2,1H3,(H,23,30)/t13-/m0/s1. The van der Waals surface area contributed by atoms with Crippen LogP contribution in [0.5, 0.6) is 0 Å². The summed E-state index contributed by atoms with van der Waals surface area (Å²) in [5, 5.41) is 12.0. The zero-order chi connectivity index (χ0) is 22.2. The molecule has 3 aromatic rings. The Morgan fingerprint density at radius 1 is 1.35 bits per heavy atom. The highest BCUT2D eigenvalue weighted by Crippen LogP contribution is 2.29. The van der Waals surface area contributed by atoms with Crippen molar-refractivity contribution in [3.05, 3.63) is 57.5 Å². The zero-order valence-corrected chi connectivity index (χ0v) is 19.2. The molecule has 0 unspecified atom stereocenters. The van der Waals surface area contributed by atoms with Crippen LogP contribution in [0.2, 0.25) is 5.02 Å². The Morgan fingerprint density at radius 3 is 2.90 bits per heavy atom. The molecule has 1 atom stereocenters. The number of aromatic amines is 1. The molecule has 0 spiro atoms. The first-order valence-electron chi connectivity index (χ1n) is 9.92. The number of hydrogen-bond acceptors (Lipinski definition) is 5. The zero-order valence-electron chi connectivity index (χ0n) is 16.8. The summed E-state index contributed by atoms with van der Waals surface area (Å²) in [6.45, 7) is 2.67. The fraction of sp³-hybridized carbons (Fsp3) is 0.421. The number of H-pyrrole nitrogens is 1. The number of benzene rings is 1. The van der Waals surface area contributed by atoms with Crippen molar-refractivity contribution < 1.29 is 12.8 Å². The van der Waals surface area contributed by atoms with Crippen LogP contribution in [0.25, 0.3) is 5.82 Å². The van der Waals surface area contributed by atoms with Crippen molar-refractivity contribution >= 4 is 33.8 Å². The lowest BCUT2D eigenvalue weighted by Gasteiger charge is -2.31. The molecular weight excluding hydrogens is 463 g/mol. The van der Waals surface area contributed by atoms with Crippen molar-refractivity contribution in [1.29, 1.82) is 0 Å². The van der Waals surface area contributed by atoms with Crippen LogP contribution >= 0.6 is 23.8 Å². The summed E-state index contributed by atoms with van der Waals surface area (Å²) in [7, 11) is -3.28. The van der Waals surface area contributed by atoms with Crippen molar-refractivity contribution in [3.63, 3.8) is 0 Å². The largest absolute Gasteiger partial charge is 0.266 e. The van der Waals surface area contributed by atoms with Crippen molar-refractivity contribution in [2.75, 3.05) is 18.8 Å². The van der Waals surface area contributed by atoms with E-state index < -0.39 is 15.8 Å². The molecular formula is C19H22ClFN6O2S2. The monoisotopic (exact) mass is 484 g/mol. The first-order chi connectivity index (χ1) is 14.8. The highest BCUT2D eigenvalue weighted by Gasteiger charge is 2.31. The Bertz CT molecular complexity index is 1230. The summed E-state index contributed by atoms with van der Waals surface area (Å²) in [5.41, 5.74) is 0.350. The maximum absolute atomic E-state index is 14.1. The Morgan fingerprint density at radius 2 is 2.16 bits per heavy atom. The van der Waals surface area contributed by atoms with Gasteiger partial charge in [0.2, 0.25) is 14.8 Å². The fourth-order valence-electron chi connectivity index (χ4n) is 3.80. The van der Waals surface area contributed by atoms with E-state index in [0.29, 0.717) is 40.1 Å². The van der Waals surface area contributed by atoms with E-state index in [1.165, 1.54) is 10.4 Å². The number of hydrogen-bond donors (Lipinski definition) is 1. The van der Waals surface area contributed by atoms with Gasteiger partial charge < -0.3 is 0 Å². The summed E-state index contributed by atoms with van der Waals surface area (Å²) >= 11 is 11.5. The Hall–Kier alpha value is -2.08. The molecule has 2 aromatic heterocycles. The van der Waals surface area contributed by atoms with Crippen molar-refractivity contribution in [2.24, 2.45) is 0 Å². The molecule has 1 fully saturated rings. The van der Waals surface area contributed by atoms with E-state index in [0.717, 1.165) is 12.8 Å². The lowest BCUT2D eigenvalue weighted by Crippen LogP contribution is -2.40. The van der Waals surface area contributed by atoms with Crippen LogP contribution in [0, 0.1) is 10.6 Å². The van der Waals surface area contributed by atoms with Crippen LogP contribution in [-0.4, -0.2) is 56.1 Å². The maximum atomic E-state index is 14.1. The molecule has 4 rings (SSSR count). The SMILES string of the molecule is CCS(=O)(=O)N1CCC[C@H](c2n[nH]c(=S)n2-c2ccn(Cc3c(F)cccc3Cl)n2)C1. The van der Waals surface area contributed by atoms with Crippen molar-refractivity contribution in [2.45, 2.75) is 32.2 Å². The van der Waals surface area contributed by atoms with E-state index >= 15 is 0 Å². The number of nitrogens with one attached hydrogen (secondary N) is 1. The van der Waals surface area contributed by atoms with E-state index in [2.05, 4.69) is 15.3 Å². The number of piperidine rings is 1. The predicted molar refractivity (Wildman–Crippen MR) is 118 cm³/mol. The van der Waals surface area contributed by atoms with Gasteiger partial charge in [-0.25, -0.2) is 17.1 Å². The van der Waals surface area contributed by atoms with Gasteiger partial charge in [0.1, 0.15) is 11.6 Å². The van der Waals surface area contributed by atoms with Gasteiger partial charge in [0.25, 0.3) is 0 Å². The van der Waals surface area contributed by atoms with E-state index in [9.17, 15) is 12.8 Å². The van der Waals surface area contributed by atoms with Gasteiger partial charge in [-0.05, 0) is 44.1 Å². The van der Waals surface area contributed by atoms with Gasteiger partial charge in [0, 0.05) is 41.9 Å². The molecule has 12 heteroatoms. The van der Waals surface area contributed by atoms with Gasteiger partial charge in [-0.1, -0.05) is 17.7 Å². The fourth-order valence-corrected chi connectivity index (χ4v) is 5.43. The number of rotatable bonds is 6. The molecule has 1 aromatic carbocycles. The minimum atomic E-state index is -3.28. The highest BCUT2D eigenvalue weighted by atomic mass is 35.5. The lowest BCUT2D eigenvalue weighted by molar-refractivity contribution is 0.307. The topological polar surface area (TPSA) is 88.8 Å². The Labute approximate surface area is 189 Å². The number of sulfonamides is 1.